The Balaban J connectivity index is 2.32. The summed E-state index contributed by atoms with van der Waals surface area (Å²) in [6.45, 7) is 2.19. The molecule has 3 rings (SSSR count). The monoisotopic (exact) mass is 236 g/mol. The number of aliphatic carboxylic acids is 1. The number of carboxylic acid groups (broad SMARTS) is 1. The van der Waals surface area contributed by atoms with Crippen molar-refractivity contribution in [1.29, 1.82) is 0 Å². The van der Waals surface area contributed by atoms with Crippen molar-refractivity contribution in [3.8, 4) is 0 Å². The van der Waals surface area contributed by atoms with Crippen molar-refractivity contribution in [3.63, 3.8) is 0 Å². The topological polar surface area (TPSA) is 37.3 Å². The van der Waals surface area contributed by atoms with Crippen LogP contribution in [0.3, 0.4) is 0 Å². The van der Waals surface area contributed by atoms with Crippen molar-refractivity contribution in [2.45, 2.75) is 25.2 Å². The van der Waals surface area contributed by atoms with E-state index in [1.807, 2.05) is 12.1 Å². The molecule has 0 amide bonds. The highest BCUT2D eigenvalue weighted by Crippen LogP contribution is 2.31. The zero-order chi connectivity index (χ0) is 11.5. The predicted molar refractivity (Wildman–Crippen MR) is 67.2 cm³/mol. The summed E-state index contributed by atoms with van der Waals surface area (Å²) in [6, 6.07) is 8.13. The van der Waals surface area contributed by atoms with Gasteiger partial charge in [0.1, 0.15) is 0 Å². The Morgan fingerprint density at radius 3 is 2.50 bits per heavy atom. The third-order valence-electron chi connectivity index (χ3n) is 3.20. The van der Waals surface area contributed by atoms with Crippen molar-refractivity contribution in [2.24, 2.45) is 0 Å². The van der Waals surface area contributed by atoms with E-state index < -0.39 is 5.97 Å². The molecule has 2 heterocycles. The van der Waals surface area contributed by atoms with Gasteiger partial charge in [-0.1, -0.05) is 31.2 Å². The number of benzene rings is 1. The lowest BCUT2D eigenvalue weighted by atomic mass is 9.94. The van der Waals surface area contributed by atoms with Gasteiger partial charge in [-0.3, -0.25) is 4.79 Å². The SMILES string of the molecule is CCC1CSCC(C(=O)O)c2ccc1cc2. The maximum Gasteiger partial charge on any atom is 0.311 e. The molecule has 2 atom stereocenters. The average Bonchev–Trinajstić information content (AvgIpc) is 2.42. The van der Waals surface area contributed by atoms with Crippen LogP contribution >= 0.6 is 11.8 Å². The van der Waals surface area contributed by atoms with Gasteiger partial charge in [0.2, 0.25) is 0 Å². The second kappa shape index (κ2) is 4.91. The molecular weight excluding hydrogens is 220 g/mol. The number of carboxylic acids is 1. The largest absolute Gasteiger partial charge is 0.481 e. The van der Waals surface area contributed by atoms with Crippen LogP contribution in [-0.4, -0.2) is 22.6 Å². The summed E-state index contributed by atoms with van der Waals surface area (Å²) < 4.78 is 0. The summed E-state index contributed by atoms with van der Waals surface area (Å²) in [5, 5.41) is 9.18. The average molecular weight is 236 g/mol. The second-order valence-electron chi connectivity index (χ2n) is 4.20. The van der Waals surface area contributed by atoms with Gasteiger partial charge in [-0.25, -0.2) is 0 Å². The Hall–Kier alpha value is -0.960. The molecule has 0 aliphatic carbocycles. The van der Waals surface area contributed by atoms with Crippen molar-refractivity contribution >= 4 is 17.7 Å². The molecule has 1 aromatic carbocycles. The number of rotatable bonds is 2. The minimum Gasteiger partial charge on any atom is -0.481 e. The molecule has 2 aliphatic heterocycles. The van der Waals surface area contributed by atoms with E-state index in [0.29, 0.717) is 11.7 Å². The van der Waals surface area contributed by atoms with Gasteiger partial charge in [0, 0.05) is 11.5 Å². The first-order valence-electron chi connectivity index (χ1n) is 5.62. The molecule has 2 nitrogen and oxygen atoms in total. The molecule has 2 unspecified atom stereocenters. The molecule has 3 heteroatoms. The fraction of sp³-hybridized carbons (Fsp3) is 0.462. The minimum absolute atomic E-state index is 0.352. The summed E-state index contributed by atoms with van der Waals surface area (Å²) in [7, 11) is 0. The fourth-order valence-electron chi connectivity index (χ4n) is 2.09. The highest BCUT2D eigenvalue weighted by molar-refractivity contribution is 7.99. The fourth-order valence-corrected chi connectivity index (χ4v) is 3.51. The van der Waals surface area contributed by atoms with Gasteiger partial charge >= 0.3 is 5.97 Å². The van der Waals surface area contributed by atoms with Gasteiger partial charge in [0.15, 0.2) is 0 Å². The number of carbonyl (C=O) groups is 1. The molecular formula is C13H16O2S. The first-order chi connectivity index (χ1) is 7.72. The molecule has 0 aromatic heterocycles. The van der Waals surface area contributed by atoms with E-state index in [0.717, 1.165) is 17.7 Å². The van der Waals surface area contributed by atoms with Crippen molar-refractivity contribution in [1.82, 2.24) is 0 Å². The summed E-state index contributed by atoms with van der Waals surface area (Å²) in [5.74, 6) is 1.21. The standard InChI is InChI=1S/C13H16O2S/c1-2-9-7-16-8-12(13(14)15)11-5-3-10(9)4-6-11/h3-6,9,12H,2,7-8H2,1H3,(H,14,15). The Morgan fingerprint density at radius 2 is 1.94 bits per heavy atom. The Labute approximate surface area is 100 Å². The smallest absolute Gasteiger partial charge is 0.311 e. The molecule has 16 heavy (non-hydrogen) atoms. The maximum atomic E-state index is 11.2. The zero-order valence-corrected chi connectivity index (χ0v) is 10.2. The van der Waals surface area contributed by atoms with Crippen LogP contribution in [0.5, 0.6) is 0 Å². The van der Waals surface area contributed by atoms with E-state index >= 15 is 0 Å². The van der Waals surface area contributed by atoms with Gasteiger partial charge in [-0.05, 0) is 23.5 Å². The lowest BCUT2D eigenvalue weighted by molar-refractivity contribution is -0.138. The Morgan fingerprint density at radius 1 is 1.31 bits per heavy atom. The van der Waals surface area contributed by atoms with E-state index in [4.69, 9.17) is 0 Å². The van der Waals surface area contributed by atoms with E-state index in [-0.39, 0.29) is 5.92 Å². The minimum atomic E-state index is -0.713. The van der Waals surface area contributed by atoms with Crippen LogP contribution in [0.2, 0.25) is 0 Å². The molecule has 2 aliphatic rings. The van der Waals surface area contributed by atoms with Gasteiger partial charge in [0.25, 0.3) is 0 Å². The van der Waals surface area contributed by atoms with E-state index in [9.17, 15) is 9.90 Å². The quantitative estimate of drug-likeness (QED) is 0.857. The molecule has 1 N–H and O–H groups in total. The molecule has 0 saturated carbocycles. The number of hydrogen-bond acceptors (Lipinski definition) is 2. The van der Waals surface area contributed by atoms with Crippen LogP contribution < -0.4 is 0 Å². The van der Waals surface area contributed by atoms with Crippen LogP contribution in [0.1, 0.15) is 36.3 Å². The summed E-state index contributed by atoms with van der Waals surface area (Å²) in [6.07, 6.45) is 1.12. The molecule has 0 spiro atoms. The van der Waals surface area contributed by atoms with Crippen LogP contribution in [0.25, 0.3) is 0 Å². The lowest BCUT2D eigenvalue weighted by Gasteiger charge is -2.13. The van der Waals surface area contributed by atoms with Crippen LogP contribution in [0, 0.1) is 0 Å². The predicted octanol–water partition coefficient (Wildman–Crippen LogP) is 3.10. The second-order valence-corrected chi connectivity index (χ2v) is 5.28. The zero-order valence-electron chi connectivity index (χ0n) is 9.35. The van der Waals surface area contributed by atoms with Crippen LogP contribution in [0.4, 0.5) is 0 Å². The van der Waals surface area contributed by atoms with Gasteiger partial charge in [-0.2, -0.15) is 11.8 Å². The summed E-state index contributed by atoms with van der Waals surface area (Å²) in [5.41, 5.74) is 2.27. The molecule has 0 saturated heterocycles. The van der Waals surface area contributed by atoms with Crippen molar-refractivity contribution in [2.75, 3.05) is 11.5 Å². The molecule has 0 radical (unpaired) electrons. The Kier molecular flexibility index (Phi) is 3.54. The van der Waals surface area contributed by atoms with E-state index in [1.54, 1.807) is 11.8 Å². The summed E-state index contributed by atoms with van der Waals surface area (Å²) >= 11 is 1.76. The molecule has 2 bridgehead atoms. The molecule has 0 fully saturated rings. The molecule has 86 valence electrons. The van der Waals surface area contributed by atoms with Crippen molar-refractivity contribution < 1.29 is 9.90 Å². The van der Waals surface area contributed by atoms with Crippen molar-refractivity contribution in [3.05, 3.63) is 35.4 Å². The Bertz CT molecular complexity index is 372. The maximum absolute atomic E-state index is 11.2. The summed E-state index contributed by atoms with van der Waals surface area (Å²) in [4.78, 5) is 11.2. The third-order valence-corrected chi connectivity index (χ3v) is 4.41. The van der Waals surface area contributed by atoms with E-state index in [1.165, 1.54) is 5.56 Å². The normalized spacial score (nSPS) is 24.6. The number of thioether (sulfide) groups is 1. The number of fused-ring (bicyclic) bond motifs is 6. The van der Waals surface area contributed by atoms with Crippen LogP contribution in [-0.2, 0) is 4.79 Å². The first kappa shape index (κ1) is 11.5. The van der Waals surface area contributed by atoms with Crippen LogP contribution in [0.15, 0.2) is 24.3 Å². The lowest BCUT2D eigenvalue weighted by Crippen LogP contribution is -2.13. The number of hydrogen-bond donors (Lipinski definition) is 1. The first-order valence-corrected chi connectivity index (χ1v) is 6.78. The molecule has 1 aromatic rings. The van der Waals surface area contributed by atoms with Gasteiger partial charge in [-0.15, -0.1) is 0 Å². The highest BCUT2D eigenvalue weighted by Gasteiger charge is 2.23. The third kappa shape index (κ3) is 2.24. The van der Waals surface area contributed by atoms with Gasteiger partial charge < -0.3 is 5.11 Å². The van der Waals surface area contributed by atoms with E-state index in [2.05, 4.69) is 19.1 Å². The highest BCUT2D eigenvalue weighted by atomic mass is 32.2. The van der Waals surface area contributed by atoms with Gasteiger partial charge in [0.05, 0.1) is 5.92 Å².